The van der Waals surface area contributed by atoms with E-state index < -0.39 is 17.4 Å². The van der Waals surface area contributed by atoms with Gasteiger partial charge in [-0.2, -0.15) is 0 Å². The molecule has 1 unspecified atom stereocenters. The average Bonchev–Trinajstić information content (AvgIpc) is 2.92. The minimum atomic E-state index is -1.34. The number of likely N-dealkylation sites (tertiary alicyclic amines) is 1. The summed E-state index contributed by atoms with van der Waals surface area (Å²) in [5.74, 6) is -1.26. The number of nitrogens with zero attached hydrogens (tertiary/aromatic N) is 3. The van der Waals surface area contributed by atoms with Crippen LogP contribution in [0, 0.1) is 0 Å². The molecule has 1 N–H and O–H groups in total. The second-order valence-electron chi connectivity index (χ2n) is 4.79. The van der Waals surface area contributed by atoms with Crippen LogP contribution in [0.5, 0.6) is 5.88 Å². The first-order valence-corrected chi connectivity index (χ1v) is 6.47. The molecule has 1 aromatic rings. The van der Waals surface area contributed by atoms with Crippen LogP contribution < -0.4 is 4.74 Å². The molecule has 0 saturated carbocycles. The molecule has 1 aliphatic rings. The molecular formula is C13H17N3O5. The van der Waals surface area contributed by atoms with Crippen molar-refractivity contribution in [1.29, 1.82) is 0 Å². The molecule has 1 aliphatic heterocycles. The van der Waals surface area contributed by atoms with Gasteiger partial charge in [0.15, 0.2) is 11.2 Å². The highest BCUT2D eigenvalue weighted by Gasteiger charge is 2.50. The fourth-order valence-electron chi connectivity index (χ4n) is 2.53. The van der Waals surface area contributed by atoms with Crippen molar-refractivity contribution in [3.05, 3.63) is 17.8 Å². The van der Waals surface area contributed by atoms with Crippen molar-refractivity contribution in [2.24, 2.45) is 0 Å². The van der Waals surface area contributed by atoms with E-state index >= 15 is 0 Å². The Kier molecular flexibility index (Phi) is 4.37. The van der Waals surface area contributed by atoms with Crippen LogP contribution in [0.2, 0.25) is 0 Å². The minimum Gasteiger partial charge on any atom is -0.480 e. The van der Waals surface area contributed by atoms with Gasteiger partial charge in [0.25, 0.3) is 5.91 Å². The molecule has 1 saturated heterocycles. The molecule has 114 valence electrons. The highest BCUT2D eigenvalue weighted by molar-refractivity contribution is 5.96. The zero-order valence-corrected chi connectivity index (χ0v) is 11.9. The van der Waals surface area contributed by atoms with Crippen LogP contribution in [0.3, 0.4) is 0 Å². The van der Waals surface area contributed by atoms with Crippen LogP contribution in [-0.4, -0.2) is 65.0 Å². The number of hydrogen-bond donors (Lipinski definition) is 1. The fourth-order valence-corrected chi connectivity index (χ4v) is 2.53. The number of methoxy groups -OCH3 is 2. The average molecular weight is 295 g/mol. The molecule has 0 spiro atoms. The van der Waals surface area contributed by atoms with E-state index in [9.17, 15) is 14.7 Å². The summed E-state index contributed by atoms with van der Waals surface area (Å²) in [6.07, 6.45) is 0.955. The van der Waals surface area contributed by atoms with E-state index in [1.807, 2.05) is 0 Å². The normalized spacial score (nSPS) is 21.3. The van der Waals surface area contributed by atoms with E-state index in [-0.39, 0.29) is 18.2 Å². The van der Waals surface area contributed by atoms with Gasteiger partial charge in [0.2, 0.25) is 5.88 Å². The Morgan fingerprint density at radius 1 is 1.38 bits per heavy atom. The minimum absolute atomic E-state index is 0.0579. The Labute approximate surface area is 121 Å². The molecule has 0 aromatic carbocycles. The Hall–Kier alpha value is -2.22. The van der Waals surface area contributed by atoms with Gasteiger partial charge in [-0.3, -0.25) is 4.79 Å². The number of hydrogen-bond acceptors (Lipinski definition) is 6. The third-order valence-electron chi connectivity index (χ3n) is 3.58. The fraction of sp³-hybridized carbons (Fsp3) is 0.538. The molecule has 2 rings (SSSR count). The summed E-state index contributed by atoms with van der Waals surface area (Å²) in [4.78, 5) is 25.4. The van der Waals surface area contributed by atoms with Crippen LogP contribution in [0.1, 0.15) is 23.3 Å². The van der Waals surface area contributed by atoms with E-state index in [1.54, 1.807) is 0 Å². The zero-order chi connectivity index (χ0) is 15.5. The number of aliphatic carboxylic acids is 1. The smallest absolute Gasteiger partial charge is 0.332 e. The molecule has 1 amide bonds. The largest absolute Gasteiger partial charge is 0.480 e. The molecule has 1 atom stereocenters. The van der Waals surface area contributed by atoms with Crippen LogP contribution in [0.15, 0.2) is 12.1 Å². The number of amides is 1. The summed E-state index contributed by atoms with van der Waals surface area (Å²) >= 11 is 0. The second-order valence-corrected chi connectivity index (χ2v) is 4.79. The van der Waals surface area contributed by atoms with Gasteiger partial charge >= 0.3 is 5.97 Å². The van der Waals surface area contributed by atoms with Crippen LogP contribution in [0.25, 0.3) is 0 Å². The summed E-state index contributed by atoms with van der Waals surface area (Å²) in [6, 6.07) is 2.97. The summed E-state index contributed by atoms with van der Waals surface area (Å²) < 4.78 is 9.89. The Morgan fingerprint density at radius 2 is 2.14 bits per heavy atom. The maximum Gasteiger partial charge on any atom is 0.332 e. The van der Waals surface area contributed by atoms with Gasteiger partial charge in [0, 0.05) is 19.7 Å². The predicted octanol–water partition coefficient (Wildman–Crippen LogP) is 0.191. The summed E-state index contributed by atoms with van der Waals surface area (Å²) in [7, 11) is 2.86. The second kappa shape index (κ2) is 6.04. The number of carbonyl (C=O) groups is 2. The van der Waals surface area contributed by atoms with Gasteiger partial charge in [-0.25, -0.2) is 4.79 Å². The maximum absolute atomic E-state index is 12.5. The molecule has 8 nitrogen and oxygen atoms in total. The Balaban J connectivity index is 2.29. The van der Waals surface area contributed by atoms with Crippen molar-refractivity contribution < 1.29 is 24.2 Å². The molecule has 1 fully saturated rings. The number of carbonyl (C=O) groups excluding carboxylic acids is 1. The molecule has 1 aromatic heterocycles. The number of aromatic nitrogens is 2. The summed E-state index contributed by atoms with van der Waals surface area (Å²) in [5, 5.41) is 17.0. The molecule has 2 heterocycles. The number of rotatable bonds is 5. The summed E-state index contributed by atoms with van der Waals surface area (Å²) in [5.41, 5.74) is -1.26. The highest BCUT2D eigenvalue weighted by Crippen LogP contribution is 2.31. The van der Waals surface area contributed by atoms with Crippen LogP contribution in [-0.2, 0) is 9.53 Å². The van der Waals surface area contributed by atoms with E-state index in [0.717, 1.165) is 0 Å². The highest BCUT2D eigenvalue weighted by atomic mass is 16.5. The van der Waals surface area contributed by atoms with Crippen molar-refractivity contribution in [3.8, 4) is 5.88 Å². The van der Waals surface area contributed by atoms with Crippen molar-refractivity contribution in [3.63, 3.8) is 0 Å². The van der Waals surface area contributed by atoms with E-state index in [0.29, 0.717) is 19.4 Å². The number of carboxylic acid groups (broad SMARTS) is 1. The quantitative estimate of drug-likeness (QED) is 0.827. The Morgan fingerprint density at radius 3 is 2.67 bits per heavy atom. The monoisotopic (exact) mass is 295 g/mol. The van der Waals surface area contributed by atoms with Gasteiger partial charge < -0.3 is 19.5 Å². The third-order valence-corrected chi connectivity index (χ3v) is 3.58. The summed E-state index contributed by atoms with van der Waals surface area (Å²) in [6.45, 7) is 0.292. The third kappa shape index (κ3) is 2.66. The zero-order valence-electron chi connectivity index (χ0n) is 11.9. The van der Waals surface area contributed by atoms with Gasteiger partial charge in [-0.05, 0) is 18.9 Å². The predicted molar refractivity (Wildman–Crippen MR) is 71.1 cm³/mol. The van der Waals surface area contributed by atoms with Crippen molar-refractivity contribution >= 4 is 11.9 Å². The van der Waals surface area contributed by atoms with Gasteiger partial charge in [-0.1, -0.05) is 0 Å². The first kappa shape index (κ1) is 15.2. The Bertz CT molecular complexity index is 533. The lowest BCUT2D eigenvalue weighted by atomic mass is 9.97. The van der Waals surface area contributed by atoms with E-state index in [1.165, 1.54) is 31.3 Å². The molecule has 0 bridgehead atoms. The first-order valence-electron chi connectivity index (χ1n) is 6.47. The lowest BCUT2D eigenvalue weighted by molar-refractivity contribution is -0.151. The lowest BCUT2D eigenvalue weighted by Gasteiger charge is -2.33. The SMILES string of the molecule is COCC1(C(=O)O)CCCN1C(=O)c1ccc(OC)nn1. The molecular weight excluding hydrogens is 278 g/mol. The van der Waals surface area contributed by atoms with Crippen LogP contribution in [0.4, 0.5) is 0 Å². The number of ether oxygens (including phenoxy) is 2. The lowest BCUT2D eigenvalue weighted by Crippen LogP contribution is -2.56. The van der Waals surface area contributed by atoms with Crippen LogP contribution >= 0.6 is 0 Å². The molecule has 0 aliphatic carbocycles. The molecule has 21 heavy (non-hydrogen) atoms. The first-order chi connectivity index (χ1) is 10.0. The van der Waals surface area contributed by atoms with E-state index in [4.69, 9.17) is 9.47 Å². The van der Waals surface area contributed by atoms with Gasteiger partial charge in [0.05, 0.1) is 13.7 Å². The van der Waals surface area contributed by atoms with Crippen molar-refractivity contribution in [1.82, 2.24) is 15.1 Å². The standard InChI is InChI=1S/C13H17N3O5/c1-20-8-13(12(18)19)6-3-7-16(13)11(17)9-4-5-10(21-2)15-14-9/h4-5H,3,6-8H2,1-2H3,(H,18,19). The van der Waals surface area contributed by atoms with Crippen molar-refractivity contribution in [2.75, 3.05) is 27.4 Å². The molecule has 0 radical (unpaired) electrons. The topological polar surface area (TPSA) is 102 Å². The maximum atomic E-state index is 12.5. The number of carboxylic acids is 1. The van der Waals surface area contributed by atoms with Crippen molar-refractivity contribution in [2.45, 2.75) is 18.4 Å². The van der Waals surface area contributed by atoms with Gasteiger partial charge in [0.1, 0.15) is 0 Å². The van der Waals surface area contributed by atoms with E-state index in [2.05, 4.69) is 10.2 Å². The van der Waals surface area contributed by atoms with Gasteiger partial charge in [-0.15, -0.1) is 10.2 Å². The molecule has 8 heteroatoms.